The molecule has 1 saturated heterocycles. The second-order valence-electron chi connectivity index (χ2n) is 8.74. The number of aryl methyl sites for hydroxylation is 1. The zero-order chi connectivity index (χ0) is 23.5. The van der Waals surface area contributed by atoms with E-state index >= 15 is 0 Å². The van der Waals surface area contributed by atoms with Crippen LogP contribution in [0.3, 0.4) is 0 Å². The molecule has 1 aliphatic heterocycles. The molecule has 1 aliphatic rings. The van der Waals surface area contributed by atoms with Crippen molar-refractivity contribution >= 4 is 23.1 Å². The number of hydrogen-bond acceptors (Lipinski definition) is 5. The van der Waals surface area contributed by atoms with Crippen molar-refractivity contribution in [3.8, 4) is 0 Å². The Morgan fingerprint density at radius 1 is 1.09 bits per heavy atom. The summed E-state index contributed by atoms with van der Waals surface area (Å²) in [5.41, 5.74) is 3.19. The van der Waals surface area contributed by atoms with E-state index in [1.165, 1.54) is 0 Å². The Labute approximate surface area is 197 Å². The topological polar surface area (TPSA) is 97.4 Å². The summed E-state index contributed by atoms with van der Waals surface area (Å²) in [4.78, 5) is 36.7. The highest BCUT2D eigenvalue weighted by Gasteiger charge is 2.24. The van der Waals surface area contributed by atoms with Crippen molar-refractivity contribution < 1.29 is 9.59 Å². The Kier molecular flexibility index (Phi) is 6.07. The smallest absolute Gasteiger partial charge is 0.276 e. The van der Waals surface area contributed by atoms with Gasteiger partial charge in [0.1, 0.15) is 0 Å². The van der Waals surface area contributed by atoms with Gasteiger partial charge in [-0.05, 0) is 49.8 Å². The van der Waals surface area contributed by atoms with Gasteiger partial charge in [0.05, 0.1) is 23.1 Å². The van der Waals surface area contributed by atoms with Crippen LogP contribution >= 0.6 is 0 Å². The third-order valence-electron chi connectivity index (χ3n) is 6.32. The van der Waals surface area contributed by atoms with Gasteiger partial charge in [0.2, 0.25) is 0 Å². The summed E-state index contributed by atoms with van der Waals surface area (Å²) in [5.74, 6) is 0.0695. The molecule has 9 nitrogen and oxygen atoms in total. The first kappa shape index (κ1) is 21.8. The zero-order valence-electron chi connectivity index (χ0n) is 19.1. The molecule has 3 aromatic heterocycles. The molecule has 1 atom stereocenters. The summed E-state index contributed by atoms with van der Waals surface area (Å²) < 4.78 is 3.56. The quantitative estimate of drug-likeness (QED) is 0.496. The molecule has 0 saturated carbocycles. The van der Waals surface area contributed by atoms with Crippen molar-refractivity contribution in [3.63, 3.8) is 0 Å². The van der Waals surface area contributed by atoms with E-state index in [1.807, 2.05) is 33.8 Å². The van der Waals surface area contributed by atoms with E-state index in [0.717, 1.165) is 37.0 Å². The molecule has 0 spiro atoms. The lowest BCUT2D eigenvalue weighted by molar-refractivity contribution is 0.0761. The van der Waals surface area contributed by atoms with E-state index in [0.29, 0.717) is 36.0 Å². The summed E-state index contributed by atoms with van der Waals surface area (Å²) in [6.45, 7) is 1.38. The third-order valence-corrected chi connectivity index (χ3v) is 6.32. The standard InChI is InChI=1S/C25H27N7O2/c1-30-12-9-22(29-30)24(33)28-21-7-3-2-6-20(21)25(34)31-11-4-5-18(8-13-31)15-19-17-32-14-10-26-23(32)16-27-19/h2-3,6-7,9-10,12,14,16-18H,4-5,8,11,13,15H2,1H3,(H,28,33). The zero-order valence-corrected chi connectivity index (χ0v) is 19.1. The Bertz CT molecular complexity index is 1330. The van der Waals surface area contributed by atoms with Crippen molar-refractivity contribution in [2.24, 2.45) is 13.0 Å². The average molecular weight is 458 g/mol. The number of carbonyl (C=O) groups is 2. The van der Waals surface area contributed by atoms with Gasteiger partial charge in [-0.2, -0.15) is 5.10 Å². The molecule has 1 fully saturated rings. The Balaban J connectivity index is 1.25. The molecule has 9 heteroatoms. The molecule has 174 valence electrons. The van der Waals surface area contributed by atoms with Gasteiger partial charge in [-0.25, -0.2) is 4.98 Å². The van der Waals surface area contributed by atoms with Crippen LogP contribution in [0.1, 0.15) is 45.8 Å². The number of likely N-dealkylation sites (tertiary alicyclic amines) is 1. The van der Waals surface area contributed by atoms with Gasteiger partial charge in [0.15, 0.2) is 11.3 Å². The van der Waals surface area contributed by atoms with Gasteiger partial charge in [-0.1, -0.05) is 12.1 Å². The van der Waals surface area contributed by atoms with Gasteiger partial charge in [-0.3, -0.25) is 19.3 Å². The molecule has 1 unspecified atom stereocenters. The van der Waals surface area contributed by atoms with Crippen LogP contribution in [-0.2, 0) is 13.5 Å². The van der Waals surface area contributed by atoms with Crippen LogP contribution in [0.15, 0.2) is 61.3 Å². The highest BCUT2D eigenvalue weighted by molar-refractivity contribution is 6.08. The fourth-order valence-corrected chi connectivity index (χ4v) is 4.51. The van der Waals surface area contributed by atoms with Gasteiger partial charge < -0.3 is 14.6 Å². The molecular formula is C25H27N7O2. The van der Waals surface area contributed by atoms with E-state index in [1.54, 1.807) is 48.5 Å². The number of aromatic nitrogens is 5. The number of fused-ring (bicyclic) bond motifs is 1. The lowest BCUT2D eigenvalue weighted by atomic mass is 9.95. The molecule has 5 rings (SSSR count). The van der Waals surface area contributed by atoms with Crippen LogP contribution < -0.4 is 5.32 Å². The summed E-state index contributed by atoms with van der Waals surface area (Å²) in [5, 5.41) is 6.99. The number of nitrogens with zero attached hydrogens (tertiary/aromatic N) is 6. The Hall–Kier alpha value is -4.01. The average Bonchev–Trinajstić information content (AvgIpc) is 3.43. The minimum Gasteiger partial charge on any atom is -0.339 e. The lowest BCUT2D eigenvalue weighted by Crippen LogP contribution is -2.33. The van der Waals surface area contributed by atoms with Gasteiger partial charge in [-0.15, -0.1) is 0 Å². The molecule has 0 radical (unpaired) electrons. The molecule has 2 amide bonds. The first-order valence-electron chi connectivity index (χ1n) is 11.5. The van der Waals surface area contributed by atoms with E-state index in [-0.39, 0.29) is 11.8 Å². The number of carbonyl (C=O) groups excluding carboxylic acids is 2. The van der Waals surface area contributed by atoms with E-state index in [9.17, 15) is 9.59 Å². The number of para-hydroxylation sites is 1. The predicted molar refractivity (Wildman–Crippen MR) is 128 cm³/mol. The fraction of sp³-hybridized carbons (Fsp3) is 0.320. The van der Waals surface area contributed by atoms with Crippen LogP contribution in [0.2, 0.25) is 0 Å². The normalized spacial score (nSPS) is 16.4. The molecule has 34 heavy (non-hydrogen) atoms. The van der Waals surface area contributed by atoms with Crippen LogP contribution in [0, 0.1) is 5.92 Å². The molecule has 1 N–H and O–H groups in total. The number of imidazole rings is 1. The largest absolute Gasteiger partial charge is 0.339 e. The number of anilines is 1. The number of nitrogens with one attached hydrogen (secondary N) is 1. The maximum Gasteiger partial charge on any atom is 0.276 e. The second kappa shape index (κ2) is 9.46. The van der Waals surface area contributed by atoms with Gasteiger partial charge >= 0.3 is 0 Å². The van der Waals surface area contributed by atoms with E-state index in [4.69, 9.17) is 0 Å². The number of amides is 2. The molecular weight excluding hydrogens is 430 g/mol. The van der Waals surface area contributed by atoms with Crippen LogP contribution in [0.5, 0.6) is 0 Å². The van der Waals surface area contributed by atoms with Crippen molar-refractivity contribution in [3.05, 3.63) is 78.3 Å². The maximum atomic E-state index is 13.4. The van der Waals surface area contributed by atoms with Gasteiger partial charge in [0, 0.05) is 44.9 Å². The van der Waals surface area contributed by atoms with Crippen LogP contribution in [-0.4, -0.2) is 54.0 Å². The van der Waals surface area contributed by atoms with Crippen LogP contribution in [0.4, 0.5) is 5.69 Å². The molecule has 0 aliphatic carbocycles. The summed E-state index contributed by atoms with van der Waals surface area (Å²) in [6.07, 6.45) is 13.0. The van der Waals surface area contributed by atoms with E-state index < -0.39 is 0 Å². The minimum atomic E-state index is -0.334. The third kappa shape index (κ3) is 4.68. The molecule has 1 aromatic carbocycles. The van der Waals surface area contributed by atoms with E-state index in [2.05, 4.69) is 20.4 Å². The molecule has 4 heterocycles. The van der Waals surface area contributed by atoms with Crippen molar-refractivity contribution in [2.45, 2.75) is 25.7 Å². The van der Waals surface area contributed by atoms with Crippen molar-refractivity contribution in [1.29, 1.82) is 0 Å². The predicted octanol–water partition coefficient (Wildman–Crippen LogP) is 3.20. The first-order chi connectivity index (χ1) is 16.6. The molecule has 0 bridgehead atoms. The molecule has 4 aromatic rings. The van der Waals surface area contributed by atoms with Gasteiger partial charge in [0.25, 0.3) is 11.8 Å². The monoisotopic (exact) mass is 457 g/mol. The fourth-order valence-electron chi connectivity index (χ4n) is 4.51. The first-order valence-corrected chi connectivity index (χ1v) is 11.5. The lowest BCUT2D eigenvalue weighted by Gasteiger charge is -2.22. The summed E-state index contributed by atoms with van der Waals surface area (Å²) in [7, 11) is 1.76. The highest BCUT2D eigenvalue weighted by atomic mass is 16.2. The van der Waals surface area contributed by atoms with Crippen molar-refractivity contribution in [2.75, 3.05) is 18.4 Å². The second-order valence-corrected chi connectivity index (χ2v) is 8.74. The highest BCUT2D eigenvalue weighted by Crippen LogP contribution is 2.24. The maximum absolute atomic E-state index is 13.4. The number of benzene rings is 1. The van der Waals surface area contributed by atoms with Crippen LogP contribution in [0.25, 0.3) is 5.65 Å². The summed E-state index contributed by atoms with van der Waals surface area (Å²) >= 11 is 0. The Morgan fingerprint density at radius 2 is 1.97 bits per heavy atom. The number of hydrogen-bond donors (Lipinski definition) is 1. The number of rotatable bonds is 5. The summed E-state index contributed by atoms with van der Waals surface area (Å²) in [6, 6.07) is 8.80. The van der Waals surface area contributed by atoms with Crippen molar-refractivity contribution in [1.82, 2.24) is 29.0 Å². The minimum absolute atomic E-state index is 0.0597. The Morgan fingerprint density at radius 3 is 2.82 bits per heavy atom. The SMILES string of the molecule is Cn1ccc(C(=O)Nc2ccccc2C(=O)N2CCCC(Cc3cn4ccnc4cn3)CC2)n1.